The van der Waals surface area contributed by atoms with Crippen molar-refractivity contribution in [3.63, 3.8) is 0 Å². The summed E-state index contributed by atoms with van der Waals surface area (Å²) in [6.07, 6.45) is -1.29. The highest BCUT2D eigenvalue weighted by Crippen LogP contribution is 2.20. The van der Waals surface area contributed by atoms with Crippen molar-refractivity contribution in [1.29, 1.82) is 0 Å². The van der Waals surface area contributed by atoms with Crippen molar-refractivity contribution in [3.8, 4) is 0 Å². The molecule has 0 radical (unpaired) electrons. The number of nitrogens with one attached hydrogen (secondary N) is 2. The second-order valence-electron chi connectivity index (χ2n) is 5.06. The molecule has 0 fully saturated rings. The van der Waals surface area contributed by atoms with Crippen molar-refractivity contribution in [1.82, 2.24) is 0 Å². The first kappa shape index (κ1) is 18.3. The lowest BCUT2D eigenvalue weighted by molar-refractivity contribution is -0.123. The van der Waals surface area contributed by atoms with E-state index >= 15 is 0 Å². The number of rotatable bonds is 5. The van der Waals surface area contributed by atoms with Crippen molar-refractivity contribution in [2.45, 2.75) is 13.0 Å². The van der Waals surface area contributed by atoms with Crippen LogP contribution in [0.15, 0.2) is 36.4 Å². The van der Waals surface area contributed by atoms with Gasteiger partial charge in [0.25, 0.3) is 5.91 Å². The maximum atomic E-state index is 13.6. The Kier molecular flexibility index (Phi) is 5.63. The summed E-state index contributed by atoms with van der Waals surface area (Å²) in [5.74, 6) is -6.27. The summed E-state index contributed by atoms with van der Waals surface area (Å²) < 4.78 is 44.6. The number of esters is 1. The summed E-state index contributed by atoms with van der Waals surface area (Å²) in [5.41, 5.74) is 0.165. The molecule has 0 saturated heterocycles. The molecule has 0 spiro atoms. The number of hydrogen-bond acceptors (Lipinski definition) is 4. The molecule has 5 nitrogen and oxygen atoms in total. The standard InChI is InChI=1S/C17H15F3N2O3/c1-9(25-17(24)10-5-3-4-6-12(10)21-2)16(23)22-13-8-7-11(18)14(19)15(13)20/h3-9,21H,1-2H3,(H,22,23)/t9-/m1/s1. The highest BCUT2D eigenvalue weighted by molar-refractivity contribution is 5.99. The second-order valence-corrected chi connectivity index (χ2v) is 5.06. The van der Waals surface area contributed by atoms with Crippen LogP contribution < -0.4 is 10.6 Å². The van der Waals surface area contributed by atoms with Gasteiger partial charge in [0.2, 0.25) is 0 Å². The van der Waals surface area contributed by atoms with E-state index in [-0.39, 0.29) is 5.56 Å². The van der Waals surface area contributed by atoms with Gasteiger partial charge in [-0.2, -0.15) is 0 Å². The number of carbonyl (C=O) groups excluding carboxylic acids is 2. The Labute approximate surface area is 141 Å². The summed E-state index contributed by atoms with van der Waals surface area (Å²) in [6.45, 7) is 1.27. The molecule has 0 aromatic heterocycles. The van der Waals surface area contributed by atoms with Crippen LogP contribution in [0.1, 0.15) is 17.3 Å². The Balaban J connectivity index is 2.08. The van der Waals surface area contributed by atoms with Crippen molar-refractivity contribution in [2.75, 3.05) is 17.7 Å². The van der Waals surface area contributed by atoms with Gasteiger partial charge in [-0.1, -0.05) is 12.1 Å². The van der Waals surface area contributed by atoms with Crippen molar-refractivity contribution < 1.29 is 27.5 Å². The molecule has 0 aliphatic heterocycles. The fourth-order valence-electron chi connectivity index (χ4n) is 2.01. The molecule has 2 N–H and O–H groups in total. The molecule has 8 heteroatoms. The minimum atomic E-state index is -1.70. The third-order valence-electron chi connectivity index (χ3n) is 3.36. The molecule has 0 saturated carbocycles. The van der Waals surface area contributed by atoms with Crippen LogP contribution in [0.5, 0.6) is 0 Å². The topological polar surface area (TPSA) is 67.4 Å². The van der Waals surface area contributed by atoms with Crippen molar-refractivity contribution >= 4 is 23.3 Å². The molecule has 132 valence electrons. The molecule has 2 aromatic rings. The lowest BCUT2D eigenvalue weighted by Gasteiger charge is -2.15. The first-order valence-electron chi connectivity index (χ1n) is 7.27. The van der Waals surface area contributed by atoms with E-state index in [1.807, 2.05) is 5.32 Å². The molecule has 0 aliphatic carbocycles. The van der Waals surface area contributed by atoms with E-state index in [2.05, 4.69) is 5.32 Å². The van der Waals surface area contributed by atoms with E-state index in [1.165, 1.54) is 13.0 Å². The van der Waals surface area contributed by atoms with E-state index in [4.69, 9.17) is 4.74 Å². The third-order valence-corrected chi connectivity index (χ3v) is 3.36. The minimum Gasteiger partial charge on any atom is -0.449 e. The first-order valence-corrected chi connectivity index (χ1v) is 7.27. The van der Waals surface area contributed by atoms with Gasteiger partial charge in [-0.15, -0.1) is 0 Å². The Morgan fingerprint density at radius 1 is 1.00 bits per heavy atom. The van der Waals surface area contributed by atoms with E-state index in [1.54, 1.807) is 25.2 Å². The minimum absolute atomic E-state index is 0.212. The van der Waals surface area contributed by atoms with Crippen molar-refractivity contribution in [2.24, 2.45) is 0 Å². The monoisotopic (exact) mass is 352 g/mol. The van der Waals surface area contributed by atoms with Gasteiger partial charge < -0.3 is 15.4 Å². The Morgan fingerprint density at radius 2 is 1.68 bits per heavy atom. The van der Waals surface area contributed by atoms with Gasteiger partial charge in [0.05, 0.1) is 11.3 Å². The molecule has 1 amide bonds. The first-order chi connectivity index (χ1) is 11.8. The third kappa shape index (κ3) is 4.09. The number of hydrogen-bond donors (Lipinski definition) is 2. The molecular weight excluding hydrogens is 337 g/mol. The average Bonchev–Trinajstić information content (AvgIpc) is 2.61. The predicted molar refractivity (Wildman–Crippen MR) is 85.8 cm³/mol. The van der Waals surface area contributed by atoms with Gasteiger partial charge in [0.1, 0.15) is 0 Å². The predicted octanol–water partition coefficient (Wildman–Crippen LogP) is 3.33. The number of halogens is 3. The number of para-hydroxylation sites is 1. The van der Waals surface area contributed by atoms with Gasteiger partial charge in [-0.05, 0) is 31.2 Å². The average molecular weight is 352 g/mol. The Morgan fingerprint density at radius 3 is 2.36 bits per heavy atom. The second kappa shape index (κ2) is 7.69. The van der Waals surface area contributed by atoms with Gasteiger partial charge in [-0.3, -0.25) is 4.79 Å². The molecule has 2 rings (SSSR count). The van der Waals surface area contributed by atoms with Gasteiger partial charge in [0, 0.05) is 12.7 Å². The van der Waals surface area contributed by atoms with Gasteiger partial charge in [0.15, 0.2) is 23.6 Å². The van der Waals surface area contributed by atoms with Gasteiger partial charge in [-0.25, -0.2) is 18.0 Å². The van der Waals surface area contributed by atoms with Crippen LogP contribution in [0.3, 0.4) is 0 Å². The van der Waals surface area contributed by atoms with Crippen molar-refractivity contribution in [3.05, 3.63) is 59.4 Å². The summed E-state index contributed by atoms with van der Waals surface area (Å²) in [4.78, 5) is 24.1. The lowest BCUT2D eigenvalue weighted by Crippen LogP contribution is -2.30. The summed E-state index contributed by atoms with van der Waals surface area (Å²) in [5, 5.41) is 4.86. The number of benzene rings is 2. The fraction of sp³-hybridized carbons (Fsp3) is 0.176. The zero-order valence-corrected chi connectivity index (χ0v) is 13.4. The normalized spacial score (nSPS) is 11.6. The van der Waals surface area contributed by atoms with Gasteiger partial charge >= 0.3 is 5.97 Å². The van der Waals surface area contributed by atoms with E-state index < -0.39 is 41.1 Å². The molecule has 0 heterocycles. The van der Waals surface area contributed by atoms with Crippen LogP contribution in [0, 0.1) is 17.5 Å². The molecule has 0 bridgehead atoms. The SMILES string of the molecule is CNc1ccccc1C(=O)O[C@H](C)C(=O)Nc1ccc(F)c(F)c1F. The molecule has 0 unspecified atom stereocenters. The van der Waals surface area contributed by atoms with E-state index in [0.29, 0.717) is 11.8 Å². The van der Waals surface area contributed by atoms with Crippen LogP contribution in [-0.2, 0) is 9.53 Å². The number of anilines is 2. The summed E-state index contributed by atoms with van der Waals surface area (Å²) in [7, 11) is 1.62. The molecule has 0 aliphatic rings. The van der Waals surface area contributed by atoms with Crippen LogP contribution in [0.4, 0.5) is 24.5 Å². The van der Waals surface area contributed by atoms with Crippen LogP contribution in [-0.4, -0.2) is 25.0 Å². The quantitative estimate of drug-likeness (QED) is 0.640. The zero-order valence-electron chi connectivity index (χ0n) is 13.4. The maximum absolute atomic E-state index is 13.6. The molecule has 2 aromatic carbocycles. The highest BCUT2D eigenvalue weighted by Gasteiger charge is 2.22. The zero-order chi connectivity index (χ0) is 18.6. The van der Waals surface area contributed by atoms with E-state index in [9.17, 15) is 22.8 Å². The molecular formula is C17H15F3N2O3. The number of carbonyl (C=O) groups is 2. The largest absolute Gasteiger partial charge is 0.449 e. The fourth-order valence-corrected chi connectivity index (χ4v) is 2.01. The smallest absolute Gasteiger partial charge is 0.341 e. The Hall–Kier alpha value is -3.03. The molecule has 25 heavy (non-hydrogen) atoms. The summed E-state index contributed by atoms with van der Waals surface area (Å²) in [6, 6.07) is 8.04. The van der Waals surface area contributed by atoms with Crippen LogP contribution >= 0.6 is 0 Å². The van der Waals surface area contributed by atoms with Crippen LogP contribution in [0.25, 0.3) is 0 Å². The molecule has 1 atom stereocenters. The van der Waals surface area contributed by atoms with Crippen LogP contribution in [0.2, 0.25) is 0 Å². The number of amides is 1. The number of ether oxygens (including phenoxy) is 1. The summed E-state index contributed by atoms with van der Waals surface area (Å²) >= 11 is 0. The van der Waals surface area contributed by atoms with E-state index in [0.717, 1.165) is 6.07 Å². The maximum Gasteiger partial charge on any atom is 0.341 e. The lowest BCUT2D eigenvalue weighted by atomic mass is 10.2. The Bertz CT molecular complexity index is 812. The highest BCUT2D eigenvalue weighted by atomic mass is 19.2.